The molecule has 0 bridgehead atoms. The predicted molar refractivity (Wildman–Crippen MR) is 79.4 cm³/mol. The Bertz CT molecular complexity index is 911. The van der Waals surface area contributed by atoms with Crippen molar-refractivity contribution in [2.75, 3.05) is 6.61 Å². The van der Waals surface area contributed by atoms with E-state index in [2.05, 4.69) is 10.1 Å². The first-order valence-corrected chi connectivity index (χ1v) is 6.68. The molecule has 0 spiro atoms. The lowest BCUT2D eigenvalue weighted by Crippen LogP contribution is -2.17. The number of ether oxygens (including phenoxy) is 1. The fourth-order valence-electron chi connectivity index (χ4n) is 2.21. The number of rotatable bonds is 4. The van der Waals surface area contributed by atoms with Crippen LogP contribution in [0.1, 0.15) is 17.4 Å². The van der Waals surface area contributed by atoms with E-state index < -0.39 is 11.5 Å². The zero-order chi connectivity index (χ0) is 15.7. The van der Waals surface area contributed by atoms with Gasteiger partial charge >= 0.3 is 5.97 Å². The first kappa shape index (κ1) is 13.9. The third-order valence-electron chi connectivity index (χ3n) is 3.15. The van der Waals surface area contributed by atoms with Crippen LogP contribution in [0, 0.1) is 0 Å². The summed E-state index contributed by atoms with van der Waals surface area (Å²) in [5.41, 5.74) is 0.865. The minimum absolute atomic E-state index is 0.242. The van der Waals surface area contributed by atoms with Crippen molar-refractivity contribution >= 4 is 11.6 Å². The summed E-state index contributed by atoms with van der Waals surface area (Å²) in [6, 6.07) is 9.96. The molecule has 0 unspecified atom stereocenters. The summed E-state index contributed by atoms with van der Waals surface area (Å²) in [4.78, 5) is 26.9. The normalized spacial score (nSPS) is 10.8. The molecule has 0 saturated heterocycles. The molecule has 0 saturated carbocycles. The van der Waals surface area contributed by atoms with Crippen molar-refractivity contribution in [2.45, 2.75) is 6.92 Å². The second-order valence-electron chi connectivity index (χ2n) is 4.58. The molecule has 1 aromatic carbocycles. The van der Waals surface area contributed by atoms with Gasteiger partial charge < -0.3 is 9.84 Å². The van der Waals surface area contributed by atoms with Crippen molar-refractivity contribution in [3.8, 4) is 17.0 Å². The molecule has 2 aromatic heterocycles. The van der Waals surface area contributed by atoms with Gasteiger partial charge in [0.25, 0.3) is 5.56 Å². The van der Waals surface area contributed by atoms with E-state index in [0.29, 0.717) is 18.1 Å². The maximum Gasteiger partial charge on any atom is 0.354 e. The molecule has 0 amide bonds. The molecule has 7 nitrogen and oxygen atoms in total. The molecule has 0 atom stereocenters. The molecule has 2 heterocycles. The summed E-state index contributed by atoms with van der Waals surface area (Å²) in [6.45, 7) is 2.39. The van der Waals surface area contributed by atoms with Gasteiger partial charge in [-0.05, 0) is 19.1 Å². The van der Waals surface area contributed by atoms with Crippen molar-refractivity contribution in [2.24, 2.45) is 0 Å². The number of carboxylic acid groups (broad SMARTS) is 1. The SMILES string of the molecule is CCOc1ccccc1-c1cc2nc(C(=O)O)cc(=O)n2[nH]1. The Kier molecular flexibility index (Phi) is 3.38. The van der Waals surface area contributed by atoms with E-state index in [1.165, 1.54) is 4.52 Å². The van der Waals surface area contributed by atoms with Crippen LogP contribution in [0.5, 0.6) is 5.75 Å². The van der Waals surface area contributed by atoms with Crippen LogP contribution in [-0.2, 0) is 0 Å². The van der Waals surface area contributed by atoms with Gasteiger partial charge in [0, 0.05) is 17.7 Å². The highest BCUT2D eigenvalue weighted by atomic mass is 16.5. The molecule has 0 fully saturated rings. The van der Waals surface area contributed by atoms with Gasteiger partial charge in [-0.3, -0.25) is 9.89 Å². The number of nitrogens with zero attached hydrogens (tertiary/aromatic N) is 2. The van der Waals surface area contributed by atoms with E-state index in [-0.39, 0.29) is 11.3 Å². The third kappa shape index (κ3) is 2.32. The number of carboxylic acids is 1. The lowest BCUT2D eigenvalue weighted by Gasteiger charge is -2.07. The molecule has 2 N–H and O–H groups in total. The summed E-state index contributed by atoms with van der Waals surface area (Å²) in [5, 5.41) is 11.9. The number of hydrogen-bond acceptors (Lipinski definition) is 4. The number of fused-ring (bicyclic) bond motifs is 1. The van der Waals surface area contributed by atoms with Gasteiger partial charge in [-0.1, -0.05) is 12.1 Å². The Hall–Kier alpha value is -3.09. The predicted octanol–water partition coefficient (Wildman–Crippen LogP) is 1.79. The van der Waals surface area contributed by atoms with E-state index in [9.17, 15) is 9.59 Å². The summed E-state index contributed by atoms with van der Waals surface area (Å²) in [5.74, 6) is -0.569. The molecular formula is C15H13N3O4. The summed E-state index contributed by atoms with van der Waals surface area (Å²) in [7, 11) is 0. The second kappa shape index (κ2) is 5.36. The van der Waals surface area contributed by atoms with Crippen LogP contribution >= 0.6 is 0 Å². The minimum atomic E-state index is -1.24. The van der Waals surface area contributed by atoms with Gasteiger partial charge in [0.15, 0.2) is 11.3 Å². The summed E-state index contributed by atoms with van der Waals surface area (Å²) >= 11 is 0. The molecule has 0 radical (unpaired) electrons. The fourth-order valence-corrected chi connectivity index (χ4v) is 2.21. The Morgan fingerprint density at radius 2 is 2.14 bits per heavy atom. The van der Waals surface area contributed by atoms with Crippen LogP contribution in [0.2, 0.25) is 0 Å². The standard InChI is InChI=1S/C15H13N3O4/c1-2-22-12-6-4-3-5-9(12)10-7-13-16-11(15(20)21)8-14(19)18(13)17-10/h3-8,17H,2H2,1H3,(H,20,21). The van der Waals surface area contributed by atoms with Crippen LogP contribution in [0.4, 0.5) is 0 Å². The quantitative estimate of drug-likeness (QED) is 0.765. The molecule has 7 heteroatoms. The van der Waals surface area contributed by atoms with Gasteiger partial charge in [-0.2, -0.15) is 0 Å². The number of aromatic amines is 1. The number of nitrogens with one attached hydrogen (secondary N) is 1. The molecular weight excluding hydrogens is 286 g/mol. The third-order valence-corrected chi connectivity index (χ3v) is 3.15. The maximum atomic E-state index is 12.0. The molecule has 112 valence electrons. The van der Waals surface area contributed by atoms with Crippen LogP contribution in [0.25, 0.3) is 16.9 Å². The van der Waals surface area contributed by atoms with Crippen molar-refractivity contribution in [1.29, 1.82) is 0 Å². The number of aromatic nitrogens is 3. The van der Waals surface area contributed by atoms with Crippen molar-refractivity contribution in [1.82, 2.24) is 14.6 Å². The highest BCUT2D eigenvalue weighted by Crippen LogP contribution is 2.28. The average molecular weight is 299 g/mol. The highest BCUT2D eigenvalue weighted by Gasteiger charge is 2.13. The van der Waals surface area contributed by atoms with Gasteiger partial charge in [0.2, 0.25) is 0 Å². The minimum Gasteiger partial charge on any atom is -0.493 e. The second-order valence-corrected chi connectivity index (χ2v) is 4.58. The van der Waals surface area contributed by atoms with Gasteiger partial charge in [0.05, 0.1) is 12.3 Å². The molecule has 22 heavy (non-hydrogen) atoms. The van der Waals surface area contributed by atoms with E-state index in [1.807, 2.05) is 31.2 Å². The Morgan fingerprint density at radius 3 is 2.86 bits per heavy atom. The maximum absolute atomic E-state index is 12.0. The molecule has 0 aliphatic heterocycles. The Morgan fingerprint density at radius 1 is 1.36 bits per heavy atom. The molecule has 3 aromatic rings. The number of benzene rings is 1. The first-order valence-electron chi connectivity index (χ1n) is 6.68. The largest absolute Gasteiger partial charge is 0.493 e. The Labute approximate surface area is 124 Å². The zero-order valence-corrected chi connectivity index (χ0v) is 11.7. The Balaban J connectivity index is 2.19. The number of H-pyrrole nitrogens is 1. The monoisotopic (exact) mass is 299 g/mol. The van der Waals surface area contributed by atoms with E-state index in [1.54, 1.807) is 6.07 Å². The van der Waals surface area contributed by atoms with Crippen molar-refractivity contribution < 1.29 is 14.6 Å². The first-order chi connectivity index (χ1) is 10.6. The molecule has 0 aliphatic carbocycles. The van der Waals surface area contributed by atoms with E-state index in [0.717, 1.165) is 11.6 Å². The number of hydrogen-bond donors (Lipinski definition) is 2. The summed E-state index contributed by atoms with van der Waals surface area (Å²) < 4.78 is 6.76. The van der Waals surface area contributed by atoms with E-state index in [4.69, 9.17) is 9.84 Å². The highest BCUT2D eigenvalue weighted by molar-refractivity contribution is 5.86. The molecule has 3 rings (SSSR count). The van der Waals surface area contributed by atoms with Crippen LogP contribution in [-0.4, -0.2) is 32.3 Å². The van der Waals surface area contributed by atoms with Crippen LogP contribution in [0.3, 0.4) is 0 Å². The van der Waals surface area contributed by atoms with E-state index >= 15 is 0 Å². The molecule has 0 aliphatic rings. The topological polar surface area (TPSA) is 96.7 Å². The summed E-state index contributed by atoms with van der Waals surface area (Å²) in [6.07, 6.45) is 0. The lowest BCUT2D eigenvalue weighted by atomic mass is 10.1. The lowest BCUT2D eigenvalue weighted by molar-refractivity contribution is 0.0690. The number of para-hydroxylation sites is 1. The van der Waals surface area contributed by atoms with Crippen LogP contribution in [0.15, 0.2) is 41.2 Å². The van der Waals surface area contributed by atoms with Crippen LogP contribution < -0.4 is 10.3 Å². The smallest absolute Gasteiger partial charge is 0.354 e. The van der Waals surface area contributed by atoms with Crippen molar-refractivity contribution in [3.63, 3.8) is 0 Å². The van der Waals surface area contributed by atoms with Gasteiger partial charge in [-0.25, -0.2) is 14.3 Å². The van der Waals surface area contributed by atoms with Crippen molar-refractivity contribution in [3.05, 3.63) is 52.4 Å². The fraction of sp³-hybridized carbons (Fsp3) is 0.133. The zero-order valence-electron chi connectivity index (χ0n) is 11.7. The van der Waals surface area contributed by atoms with Gasteiger partial charge in [0.1, 0.15) is 5.75 Å². The van der Waals surface area contributed by atoms with Gasteiger partial charge in [-0.15, -0.1) is 0 Å². The number of aromatic carboxylic acids is 1. The number of carbonyl (C=O) groups is 1. The average Bonchev–Trinajstić information content (AvgIpc) is 2.92.